The Kier molecular flexibility index (Phi) is 3.63. The summed E-state index contributed by atoms with van der Waals surface area (Å²) in [7, 11) is 1.25. The number of methoxy groups -OCH3 is 1. The number of carbonyl (C=O) groups excluding carboxylic acids is 1. The molecule has 0 fully saturated rings. The second-order valence-corrected chi connectivity index (χ2v) is 2.62. The van der Waals surface area contributed by atoms with Crippen molar-refractivity contribution in [3.63, 3.8) is 0 Å². The third-order valence-electron chi connectivity index (χ3n) is 1.62. The Morgan fingerprint density at radius 1 is 1.60 bits per heavy atom. The summed E-state index contributed by atoms with van der Waals surface area (Å²) < 4.78 is 9.62. The molecule has 1 aromatic rings. The summed E-state index contributed by atoms with van der Waals surface area (Å²) >= 11 is 0. The van der Waals surface area contributed by atoms with Gasteiger partial charge in [-0.05, 0) is 13.0 Å². The Hall–Kier alpha value is -2.09. The van der Waals surface area contributed by atoms with Crippen LogP contribution in [0.4, 0.5) is 0 Å². The zero-order valence-electron chi connectivity index (χ0n) is 8.48. The van der Waals surface area contributed by atoms with Gasteiger partial charge in [0.15, 0.2) is 5.69 Å². The monoisotopic (exact) mass is 206 g/mol. The minimum Gasteiger partial charge on any atom is -0.478 e. The van der Waals surface area contributed by atoms with Crippen LogP contribution in [0.5, 0.6) is 5.88 Å². The highest BCUT2D eigenvalue weighted by Gasteiger charge is 2.10. The van der Waals surface area contributed by atoms with Gasteiger partial charge in [0.25, 0.3) is 0 Å². The number of carbonyl (C=O) groups is 1. The van der Waals surface area contributed by atoms with Gasteiger partial charge in [-0.2, -0.15) is 5.26 Å². The molecule has 0 saturated heterocycles. The lowest BCUT2D eigenvalue weighted by Crippen LogP contribution is -2.06. The Labute approximate surface area is 87.3 Å². The van der Waals surface area contributed by atoms with Crippen LogP contribution in [0.3, 0.4) is 0 Å². The van der Waals surface area contributed by atoms with Crippen LogP contribution in [-0.2, 0) is 4.74 Å². The average Bonchev–Trinajstić information content (AvgIpc) is 2.28. The van der Waals surface area contributed by atoms with Crippen LogP contribution in [0.2, 0.25) is 0 Å². The number of aromatic nitrogens is 1. The number of pyridine rings is 1. The van der Waals surface area contributed by atoms with E-state index < -0.39 is 5.97 Å². The molecule has 15 heavy (non-hydrogen) atoms. The molecule has 1 rings (SSSR count). The Bertz CT molecular complexity index is 410. The molecule has 0 radical (unpaired) electrons. The van der Waals surface area contributed by atoms with Gasteiger partial charge in [-0.25, -0.2) is 9.78 Å². The largest absolute Gasteiger partial charge is 0.478 e. The molecule has 5 nitrogen and oxygen atoms in total. The minimum absolute atomic E-state index is 0.0694. The number of ether oxygens (including phenoxy) is 2. The molecule has 0 amide bonds. The van der Waals surface area contributed by atoms with E-state index in [0.29, 0.717) is 12.2 Å². The summed E-state index contributed by atoms with van der Waals surface area (Å²) in [5, 5.41) is 8.72. The molecule has 0 unspecified atom stereocenters. The molecule has 0 aromatic carbocycles. The number of hydrogen-bond acceptors (Lipinski definition) is 5. The highest BCUT2D eigenvalue weighted by Crippen LogP contribution is 2.12. The number of nitrogens with zero attached hydrogens (tertiary/aromatic N) is 2. The van der Waals surface area contributed by atoms with Gasteiger partial charge in [0.05, 0.1) is 25.3 Å². The molecule has 0 saturated carbocycles. The third kappa shape index (κ3) is 2.68. The number of hydrogen-bond donors (Lipinski definition) is 0. The summed E-state index contributed by atoms with van der Waals surface area (Å²) in [5.41, 5.74) is 0.383. The van der Waals surface area contributed by atoms with E-state index in [1.54, 1.807) is 6.92 Å². The van der Waals surface area contributed by atoms with Crippen LogP contribution in [0.1, 0.15) is 23.0 Å². The fraction of sp³-hybridized carbons (Fsp3) is 0.300. The first kappa shape index (κ1) is 11.0. The summed E-state index contributed by atoms with van der Waals surface area (Å²) in [4.78, 5) is 15.1. The Balaban J connectivity index is 3.12. The van der Waals surface area contributed by atoms with Crippen molar-refractivity contribution in [3.8, 4) is 11.9 Å². The van der Waals surface area contributed by atoms with Crippen molar-refractivity contribution >= 4 is 5.97 Å². The lowest BCUT2D eigenvalue weighted by molar-refractivity contribution is 0.0592. The van der Waals surface area contributed by atoms with Crippen LogP contribution >= 0.6 is 0 Å². The van der Waals surface area contributed by atoms with Crippen molar-refractivity contribution < 1.29 is 14.3 Å². The van der Waals surface area contributed by atoms with E-state index in [4.69, 9.17) is 10.00 Å². The molecule has 0 spiro atoms. The molecule has 5 heteroatoms. The lowest BCUT2D eigenvalue weighted by atomic mass is 10.2. The fourth-order valence-electron chi connectivity index (χ4n) is 1.00. The van der Waals surface area contributed by atoms with Crippen molar-refractivity contribution in [2.24, 2.45) is 0 Å². The first-order valence-corrected chi connectivity index (χ1v) is 4.34. The van der Waals surface area contributed by atoms with E-state index >= 15 is 0 Å². The highest BCUT2D eigenvalue weighted by molar-refractivity contribution is 5.87. The summed E-state index contributed by atoms with van der Waals surface area (Å²) in [5.74, 6) is -0.343. The minimum atomic E-state index is -0.590. The van der Waals surface area contributed by atoms with E-state index in [-0.39, 0.29) is 11.6 Å². The average molecular weight is 206 g/mol. The van der Waals surface area contributed by atoms with Crippen molar-refractivity contribution in [1.82, 2.24) is 4.98 Å². The van der Waals surface area contributed by atoms with Gasteiger partial charge in [0.1, 0.15) is 0 Å². The molecule has 0 aliphatic heterocycles. The standard InChI is InChI=1S/C10H10N2O3/c1-3-15-9-5-7(6-11)4-8(12-9)10(13)14-2/h4-5H,3H2,1-2H3. The maximum absolute atomic E-state index is 11.2. The van der Waals surface area contributed by atoms with Gasteiger partial charge in [0.2, 0.25) is 5.88 Å². The van der Waals surface area contributed by atoms with E-state index in [2.05, 4.69) is 9.72 Å². The number of rotatable bonds is 3. The van der Waals surface area contributed by atoms with Crippen molar-refractivity contribution in [2.45, 2.75) is 6.92 Å². The van der Waals surface area contributed by atoms with Gasteiger partial charge < -0.3 is 9.47 Å². The zero-order chi connectivity index (χ0) is 11.3. The van der Waals surface area contributed by atoms with Crippen LogP contribution in [-0.4, -0.2) is 24.7 Å². The molecule has 0 aliphatic carbocycles. The maximum Gasteiger partial charge on any atom is 0.356 e. The van der Waals surface area contributed by atoms with Crippen molar-refractivity contribution in [3.05, 3.63) is 23.4 Å². The van der Waals surface area contributed by atoms with Crippen LogP contribution in [0.25, 0.3) is 0 Å². The molecule has 1 heterocycles. The van der Waals surface area contributed by atoms with Crippen LogP contribution in [0, 0.1) is 11.3 Å². The molecular formula is C10H10N2O3. The maximum atomic E-state index is 11.2. The predicted molar refractivity (Wildman–Crippen MR) is 51.5 cm³/mol. The second kappa shape index (κ2) is 4.96. The second-order valence-electron chi connectivity index (χ2n) is 2.62. The van der Waals surface area contributed by atoms with E-state index in [1.807, 2.05) is 6.07 Å². The quantitative estimate of drug-likeness (QED) is 0.693. The predicted octanol–water partition coefficient (Wildman–Crippen LogP) is 1.14. The van der Waals surface area contributed by atoms with Gasteiger partial charge in [-0.3, -0.25) is 0 Å². The van der Waals surface area contributed by atoms with Crippen LogP contribution < -0.4 is 4.74 Å². The first-order chi connectivity index (χ1) is 7.21. The first-order valence-electron chi connectivity index (χ1n) is 4.34. The van der Waals surface area contributed by atoms with Gasteiger partial charge in [-0.15, -0.1) is 0 Å². The van der Waals surface area contributed by atoms with E-state index in [9.17, 15) is 4.79 Å². The molecule has 1 aromatic heterocycles. The van der Waals surface area contributed by atoms with Gasteiger partial charge in [0, 0.05) is 6.07 Å². The topological polar surface area (TPSA) is 72.2 Å². The molecule has 78 valence electrons. The Morgan fingerprint density at radius 3 is 2.87 bits per heavy atom. The van der Waals surface area contributed by atoms with E-state index in [0.717, 1.165) is 0 Å². The normalized spacial score (nSPS) is 9.13. The highest BCUT2D eigenvalue weighted by atomic mass is 16.5. The lowest BCUT2D eigenvalue weighted by Gasteiger charge is -2.04. The Morgan fingerprint density at radius 2 is 2.33 bits per heavy atom. The fourth-order valence-corrected chi connectivity index (χ4v) is 1.00. The smallest absolute Gasteiger partial charge is 0.356 e. The molecular weight excluding hydrogens is 196 g/mol. The molecule has 0 aliphatic rings. The molecule has 0 atom stereocenters. The van der Waals surface area contributed by atoms with Gasteiger partial charge in [-0.1, -0.05) is 0 Å². The third-order valence-corrected chi connectivity index (χ3v) is 1.62. The van der Waals surface area contributed by atoms with Crippen molar-refractivity contribution in [2.75, 3.05) is 13.7 Å². The number of nitriles is 1. The zero-order valence-corrected chi connectivity index (χ0v) is 8.48. The summed E-state index contributed by atoms with van der Waals surface area (Å²) in [6, 6.07) is 4.74. The van der Waals surface area contributed by atoms with Crippen molar-refractivity contribution in [1.29, 1.82) is 5.26 Å². The number of esters is 1. The van der Waals surface area contributed by atoms with E-state index in [1.165, 1.54) is 19.2 Å². The molecule has 0 bridgehead atoms. The van der Waals surface area contributed by atoms with Gasteiger partial charge >= 0.3 is 5.97 Å². The SMILES string of the molecule is CCOc1cc(C#N)cc(C(=O)OC)n1. The molecule has 0 N–H and O–H groups in total. The summed E-state index contributed by atoms with van der Waals surface area (Å²) in [6.07, 6.45) is 0. The summed E-state index contributed by atoms with van der Waals surface area (Å²) in [6.45, 7) is 2.21. The van der Waals surface area contributed by atoms with Crippen LogP contribution in [0.15, 0.2) is 12.1 Å².